The van der Waals surface area contributed by atoms with Crippen LogP contribution >= 0.6 is 0 Å². The number of fused-ring (bicyclic) bond motifs is 1. The van der Waals surface area contributed by atoms with Gasteiger partial charge in [0.05, 0.1) is 5.92 Å². The molecule has 0 radical (unpaired) electrons. The van der Waals surface area contributed by atoms with E-state index in [1.807, 2.05) is 36.9 Å². The predicted octanol–water partition coefficient (Wildman–Crippen LogP) is 3.58. The summed E-state index contributed by atoms with van der Waals surface area (Å²) in [5, 5.41) is 10.8. The van der Waals surface area contributed by atoms with Crippen LogP contribution in [0.4, 0.5) is 19.0 Å². The van der Waals surface area contributed by atoms with Crippen LogP contribution in [0.15, 0.2) is 30.3 Å². The van der Waals surface area contributed by atoms with Gasteiger partial charge < -0.3 is 9.64 Å². The number of ether oxygens (including phenoxy) is 1. The molecule has 0 amide bonds. The number of esters is 1. The fourth-order valence-electron chi connectivity index (χ4n) is 3.61. The van der Waals surface area contributed by atoms with E-state index in [1.54, 1.807) is 6.07 Å². The van der Waals surface area contributed by atoms with Gasteiger partial charge in [0.25, 0.3) is 5.82 Å². The van der Waals surface area contributed by atoms with Crippen LogP contribution in [0.3, 0.4) is 0 Å². The summed E-state index contributed by atoms with van der Waals surface area (Å²) in [5.41, 5.74) is 1.82. The Labute approximate surface area is 170 Å². The van der Waals surface area contributed by atoms with E-state index in [4.69, 9.17) is 4.74 Å². The van der Waals surface area contributed by atoms with Gasteiger partial charge in [-0.2, -0.15) is 17.7 Å². The molecule has 1 fully saturated rings. The molecule has 2 aromatic heterocycles. The van der Waals surface area contributed by atoms with Gasteiger partial charge in [-0.05, 0) is 49.9 Å². The fourth-order valence-corrected chi connectivity index (χ4v) is 3.61. The van der Waals surface area contributed by atoms with Crippen molar-refractivity contribution in [2.75, 3.05) is 18.0 Å². The first-order chi connectivity index (χ1) is 14.2. The van der Waals surface area contributed by atoms with Crippen LogP contribution in [-0.2, 0) is 11.0 Å². The lowest BCUT2D eigenvalue weighted by Crippen LogP contribution is -2.38. The Morgan fingerprint density at radius 2 is 1.73 bits per heavy atom. The summed E-state index contributed by atoms with van der Waals surface area (Å²) in [4.78, 5) is 14.5. The lowest BCUT2D eigenvalue weighted by atomic mass is 9.97. The third-order valence-corrected chi connectivity index (χ3v) is 5.27. The molecule has 0 aliphatic carbocycles. The molecule has 0 spiro atoms. The fraction of sp³-hybridized carbons (Fsp3) is 0.400. The van der Waals surface area contributed by atoms with Gasteiger partial charge in [-0.15, -0.1) is 15.3 Å². The van der Waals surface area contributed by atoms with Crippen molar-refractivity contribution in [2.24, 2.45) is 5.92 Å². The van der Waals surface area contributed by atoms with Crippen molar-refractivity contribution in [3.63, 3.8) is 0 Å². The number of anilines is 1. The second-order valence-electron chi connectivity index (χ2n) is 7.39. The Kier molecular flexibility index (Phi) is 5.08. The van der Waals surface area contributed by atoms with E-state index in [9.17, 15) is 18.0 Å². The highest BCUT2D eigenvalue weighted by molar-refractivity contribution is 5.76. The van der Waals surface area contributed by atoms with Gasteiger partial charge in [-0.25, -0.2) is 0 Å². The molecule has 3 heterocycles. The van der Waals surface area contributed by atoms with Crippen molar-refractivity contribution in [1.29, 1.82) is 0 Å². The number of halogens is 3. The van der Waals surface area contributed by atoms with Gasteiger partial charge in [0.1, 0.15) is 11.6 Å². The summed E-state index contributed by atoms with van der Waals surface area (Å²) in [6, 6.07) is 8.75. The summed E-state index contributed by atoms with van der Waals surface area (Å²) in [6.07, 6.45) is -3.59. The predicted molar refractivity (Wildman–Crippen MR) is 102 cm³/mol. The second kappa shape index (κ2) is 7.58. The first-order valence-corrected chi connectivity index (χ1v) is 9.56. The average molecular weight is 419 g/mol. The Balaban J connectivity index is 1.45. The zero-order chi connectivity index (χ0) is 21.5. The summed E-state index contributed by atoms with van der Waals surface area (Å²) in [7, 11) is 0. The van der Waals surface area contributed by atoms with Crippen molar-refractivity contribution >= 4 is 17.4 Å². The van der Waals surface area contributed by atoms with Crippen LogP contribution in [0.5, 0.6) is 5.75 Å². The van der Waals surface area contributed by atoms with Crippen LogP contribution in [0.2, 0.25) is 0 Å². The van der Waals surface area contributed by atoms with Gasteiger partial charge in [0.15, 0.2) is 5.65 Å². The highest BCUT2D eigenvalue weighted by Gasteiger charge is 2.38. The standard InChI is InChI=1S/C20H20F3N5O2/c1-12-4-3-5-13(2)17(12)30-18(29)14-8-10-27(11-9-14)16-7-6-15-24-25-19(20(21,22)23)28(15)26-16/h3-7,14H,8-11H2,1-2H3. The maximum absolute atomic E-state index is 13.1. The molecule has 7 nitrogen and oxygen atoms in total. The third kappa shape index (κ3) is 3.81. The van der Waals surface area contributed by atoms with Crippen LogP contribution in [0.25, 0.3) is 5.65 Å². The molecule has 1 aliphatic heterocycles. The van der Waals surface area contributed by atoms with Crippen molar-refractivity contribution < 1.29 is 22.7 Å². The number of nitrogens with zero attached hydrogens (tertiary/aromatic N) is 5. The molecule has 1 aliphatic rings. The number of hydrogen-bond donors (Lipinski definition) is 0. The zero-order valence-corrected chi connectivity index (χ0v) is 16.5. The Morgan fingerprint density at radius 3 is 2.37 bits per heavy atom. The van der Waals surface area contributed by atoms with E-state index in [-0.39, 0.29) is 17.5 Å². The SMILES string of the molecule is Cc1cccc(C)c1OC(=O)C1CCN(c2ccc3nnc(C(F)(F)F)n3n2)CC1. The highest BCUT2D eigenvalue weighted by atomic mass is 19.4. The Bertz CT molecular complexity index is 1070. The van der Waals surface area contributed by atoms with Gasteiger partial charge in [0.2, 0.25) is 0 Å². The molecule has 158 valence electrons. The lowest BCUT2D eigenvalue weighted by molar-refractivity contribution is -0.146. The van der Waals surface area contributed by atoms with Gasteiger partial charge in [-0.1, -0.05) is 18.2 Å². The largest absolute Gasteiger partial charge is 0.453 e. The second-order valence-corrected chi connectivity index (χ2v) is 7.39. The molecule has 10 heteroatoms. The first-order valence-electron chi connectivity index (χ1n) is 9.56. The van der Waals surface area contributed by atoms with Crippen molar-refractivity contribution in [3.8, 4) is 5.75 Å². The number of para-hydroxylation sites is 1. The lowest BCUT2D eigenvalue weighted by Gasteiger charge is -2.31. The number of alkyl halides is 3. The topological polar surface area (TPSA) is 72.6 Å². The maximum atomic E-state index is 13.1. The number of piperidine rings is 1. The third-order valence-electron chi connectivity index (χ3n) is 5.27. The smallest absolute Gasteiger partial charge is 0.426 e. The average Bonchev–Trinajstić information content (AvgIpc) is 3.14. The molecule has 1 saturated heterocycles. The molecular formula is C20H20F3N5O2. The Morgan fingerprint density at radius 1 is 1.07 bits per heavy atom. The summed E-state index contributed by atoms with van der Waals surface area (Å²) >= 11 is 0. The molecule has 0 atom stereocenters. The molecule has 0 N–H and O–H groups in total. The summed E-state index contributed by atoms with van der Waals surface area (Å²) < 4.78 is 45.6. The summed E-state index contributed by atoms with van der Waals surface area (Å²) in [6.45, 7) is 4.74. The number of aromatic nitrogens is 4. The quantitative estimate of drug-likeness (QED) is 0.477. The number of benzene rings is 1. The van der Waals surface area contributed by atoms with Crippen LogP contribution in [-0.4, -0.2) is 38.9 Å². The van der Waals surface area contributed by atoms with Crippen LogP contribution in [0, 0.1) is 19.8 Å². The normalized spacial score (nSPS) is 15.6. The van der Waals surface area contributed by atoms with Crippen LogP contribution < -0.4 is 9.64 Å². The molecule has 0 bridgehead atoms. The minimum Gasteiger partial charge on any atom is -0.426 e. The highest BCUT2D eigenvalue weighted by Crippen LogP contribution is 2.29. The van der Waals surface area contributed by atoms with Crippen molar-refractivity contribution in [2.45, 2.75) is 32.9 Å². The van der Waals surface area contributed by atoms with E-state index < -0.39 is 12.0 Å². The molecule has 30 heavy (non-hydrogen) atoms. The van der Waals surface area contributed by atoms with E-state index in [2.05, 4.69) is 15.3 Å². The number of hydrogen-bond acceptors (Lipinski definition) is 6. The number of carbonyl (C=O) groups excluding carboxylic acids is 1. The molecule has 0 unspecified atom stereocenters. The van der Waals surface area contributed by atoms with E-state index >= 15 is 0 Å². The minimum absolute atomic E-state index is 0.0261. The molecule has 0 saturated carbocycles. The monoisotopic (exact) mass is 419 g/mol. The van der Waals surface area contributed by atoms with Crippen LogP contribution in [0.1, 0.15) is 29.8 Å². The molecule has 4 rings (SSSR count). The maximum Gasteiger partial charge on any atom is 0.453 e. The zero-order valence-electron chi connectivity index (χ0n) is 16.5. The first kappa shape index (κ1) is 20.1. The van der Waals surface area contributed by atoms with E-state index in [1.165, 1.54) is 6.07 Å². The summed E-state index contributed by atoms with van der Waals surface area (Å²) in [5.74, 6) is -0.747. The van der Waals surface area contributed by atoms with Crippen molar-refractivity contribution in [3.05, 3.63) is 47.3 Å². The van der Waals surface area contributed by atoms with E-state index in [0.29, 0.717) is 42.0 Å². The minimum atomic E-state index is -4.64. The molecule has 1 aromatic carbocycles. The number of aryl methyl sites for hydroxylation is 2. The van der Waals surface area contributed by atoms with Crippen molar-refractivity contribution in [1.82, 2.24) is 19.8 Å². The van der Waals surface area contributed by atoms with Gasteiger partial charge in [-0.3, -0.25) is 4.79 Å². The number of rotatable bonds is 3. The van der Waals surface area contributed by atoms with E-state index in [0.717, 1.165) is 11.1 Å². The van der Waals surface area contributed by atoms with Gasteiger partial charge >= 0.3 is 12.1 Å². The van der Waals surface area contributed by atoms with Gasteiger partial charge in [0, 0.05) is 13.1 Å². The molecule has 3 aromatic rings. The Hall–Kier alpha value is -3.17. The number of carbonyl (C=O) groups is 1. The molecular weight excluding hydrogens is 399 g/mol.